The molecule has 2 aliphatic carbocycles. The van der Waals surface area contributed by atoms with Crippen molar-refractivity contribution in [3.05, 3.63) is 69.6 Å². The van der Waals surface area contributed by atoms with E-state index in [0.29, 0.717) is 67.9 Å². The van der Waals surface area contributed by atoms with Gasteiger partial charge in [0.15, 0.2) is 0 Å². The van der Waals surface area contributed by atoms with E-state index in [-0.39, 0.29) is 30.7 Å². The molecule has 2 amide bonds. The summed E-state index contributed by atoms with van der Waals surface area (Å²) in [6.45, 7) is 14.9. The summed E-state index contributed by atoms with van der Waals surface area (Å²) in [5.74, 6) is -0.857. The van der Waals surface area contributed by atoms with E-state index in [4.69, 9.17) is 9.47 Å². The molecule has 1 fully saturated rings. The zero-order chi connectivity index (χ0) is 31.2. The minimum absolute atomic E-state index is 0.0480. The average Bonchev–Trinajstić information content (AvgIpc) is 3.76. The molecule has 2 N–H and O–H groups in total. The second-order valence-electron chi connectivity index (χ2n) is 11.4. The van der Waals surface area contributed by atoms with Gasteiger partial charge in [-0.3, -0.25) is 19.2 Å². The van der Waals surface area contributed by atoms with Gasteiger partial charge in [0.1, 0.15) is 25.2 Å². The Morgan fingerprint density at radius 1 is 1.24 bits per heavy atom. The number of ether oxygens (including phenoxy) is 2. The third-order valence-corrected chi connectivity index (χ3v) is 8.75. The Balaban J connectivity index is 1.98. The molecule has 8 nitrogen and oxygen atoms in total. The standard InChI is InChI=1S/C33H43FN2O6/c1-8-28(38)35-19-42-33(14-15-33)30(39)36-27-13-11-25(20(3)4)22(6)29(27)21(5)23(16-34)10-12-26-24(17-37)18-41-31(40)32(26,7)9-2/h10,12,16-17,27H,3,8-9,11,13-15,18-19H2,1-2,4-7H3,(H,35,38)(H,36,39)/b12-10+,23-16-,29-21+/t27-,32+/m0/s1. The van der Waals surface area contributed by atoms with Gasteiger partial charge >= 0.3 is 5.97 Å². The van der Waals surface area contributed by atoms with Crippen LogP contribution in [0.5, 0.6) is 0 Å². The number of aldehydes is 1. The Labute approximate surface area is 247 Å². The van der Waals surface area contributed by atoms with Crippen LogP contribution >= 0.6 is 0 Å². The highest BCUT2D eigenvalue weighted by Gasteiger charge is 2.52. The predicted molar refractivity (Wildman–Crippen MR) is 159 cm³/mol. The summed E-state index contributed by atoms with van der Waals surface area (Å²) in [6, 6.07) is -0.412. The van der Waals surface area contributed by atoms with Crippen molar-refractivity contribution in [2.75, 3.05) is 13.3 Å². The summed E-state index contributed by atoms with van der Waals surface area (Å²) in [7, 11) is 0. The van der Waals surface area contributed by atoms with E-state index in [1.54, 1.807) is 32.9 Å². The molecular weight excluding hydrogens is 539 g/mol. The van der Waals surface area contributed by atoms with Crippen molar-refractivity contribution in [1.82, 2.24) is 10.6 Å². The topological polar surface area (TPSA) is 111 Å². The van der Waals surface area contributed by atoms with Crippen molar-refractivity contribution in [2.45, 2.75) is 91.7 Å². The number of carbonyl (C=O) groups is 4. The molecule has 228 valence electrons. The third kappa shape index (κ3) is 6.72. The SMILES string of the molecule is C=C(C)C1=C(C)\C(=C(C)/C(=C\F)/C=C/C2=C(C=O)COC(=O)[C@]2(C)CC)[C@@H](NC(=O)C2(OCNC(=O)CC)CC2)CC1. The lowest BCUT2D eigenvalue weighted by molar-refractivity contribution is -0.153. The van der Waals surface area contributed by atoms with E-state index >= 15 is 0 Å². The van der Waals surface area contributed by atoms with Gasteiger partial charge < -0.3 is 20.1 Å². The van der Waals surface area contributed by atoms with Crippen molar-refractivity contribution >= 4 is 24.1 Å². The number of amides is 2. The van der Waals surface area contributed by atoms with Gasteiger partial charge in [0, 0.05) is 17.6 Å². The van der Waals surface area contributed by atoms with Crippen LogP contribution in [-0.2, 0) is 28.7 Å². The molecule has 2 atom stereocenters. The van der Waals surface area contributed by atoms with Crippen molar-refractivity contribution < 1.29 is 33.0 Å². The monoisotopic (exact) mass is 582 g/mol. The molecule has 1 heterocycles. The number of esters is 1. The van der Waals surface area contributed by atoms with Gasteiger partial charge in [0.05, 0.1) is 17.8 Å². The second-order valence-corrected chi connectivity index (χ2v) is 11.4. The fourth-order valence-electron chi connectivity index (χ4n) is 5.62. The highest BCUT2D eigenvalue weighted by Crippen LogP contribution is 2.42. The van der Waals surface area contributed by atoms with Crippen LogP contribution < -0.4 is 10.6 Å². The van der Waals surface area contributed by atoms with Gasteiger partial charge in [-0.1, -0.05) is 38.2 Å². The zero-order valence-corrected chi connectivity index (χ0v) is 25.6. The molecule has 0 bridgehead atoms. The molecule has 1 saturated carbocycles. The molecular formula is C33H43FN2O6. The highest BCUT2D eigenvalue weighted by atomic mass is 19.1. The van der Waals surface area contributed by atoms with Gasteiger partial charge in [-0.05, 0) is 87.7 Å². The van der Waals surface area contributed by atoms with E-state index in [1.807, 2.05) is 20.8 Å². The molecule has 1 aliphatic heterocycles. The Kier molecular flexibility index (Phi) is 10.7. The van der Waals surface area contributed by atoms with Gasteiger partial charge in [-0.2, -0.15) is 0 Å². The fraction of sp³-hybridized carbons (Fsp3) is 0.515. The molecule has 0 radical (unpaired) electrons. The summed E-state index contributed by atoms with van der Waals surface area (Å²) in [5, 5.41) is 5.78. The van der Waals surface area contributed by atoms with Crippen LogP contribution in [0.15, 0.2) is 69.6 Å². The van der Waals surface area contributed by atoms with Crippen LogP contribution in [-0.4, -0.2) is 49.1 Å². The molecule has 0 aromatic heterocycles. The van der Waals surface area contributed by atoms with Crippen molar-refractivity contribution in [3.8, 4) is 0 Å². The second kappa shape index (κ2) is 13.6. The molecule has 0 aromatic carbocycles. The Morgan fingerprint density at radius 3 is 2.48 bits per heavy atom. The number of halogens is 1. The quantitative estimate of drug-likeness (QED) is 0.138. The maximum atomic E-state index is 14.6. The van der Waals surface area contributed by atoms with E-state index in [2.05, 4.69) is 17.2 Å². The van der Waals surface area contributed by atoms with Crippen LogP contribution in [0.2, 0.25) is 0 Å². The van der Waals surface area contributed by atoms with E-state index in [9.17, 15) is 23.6 Å². The Hall–Kier alpha value is -3.59. The number of allylic oxidation sites excluding steroid dienone is 6. The van der Waals surface area contributed by atoms with Gasteiger partial charge in [-0.25, -0.2) is 4.39 Å². The number of hydrogen-bond acceptors (Lipinski definition) is 6. The Morgan fingerprint density at radius 2 is 1.93 bits per heavy atom. The van der Waals surface area contributed by atoms with Crippen LogP contribution in [0, 0.1) is 5.41 Å². The number of nitrogens with one attached hydrogen (secondary N) is 2. The van der Waals surface area contributed by atoms with Gasteiger partial charge in [0.2, 0.25) is 5.91 Å². The van der Waals surface area contributed by atoms with Crippen LogP contribution in [0.25, 0.3) is 0 Å². The Bertz CT molecular complexity index is 1310. The summed E-state index contributed by atoms with van der Waals surface area (Å²) in [5.41, 5.74) is 3.32. The number of hydrogen-bond donors (Lipinski definition) is 2. The molecule has 0 unspecified atom stereocenters. The minimum atomic E-state index is -1.03. The van der Waals surface area contributed by atoms with Crippen molar-refractivity contribution in [1.29, 1.82) is 0 Å². The first-order valence-corrected chi connectivity index (χ1v) is 14.5. The maximum Gasteiger partial charge on any atom is 0.316 e. The highest BCUT2D eigenvalue weighted by molar-refractivity contribution is 5.90. The first-order valence-electron chi connectivity index (χ1n) is 14.5. The van der Waals surface area contributed by atoms with E-state index < -0.39 is 23.0 Å². The van der Waals surface area contributed by atoms with Crippen molar-refractivity contribution in [2.24, 2.45) is 5.41 Å². The maximum absolute atomic E-state index is 14.6. The number of carbonyl (C=O) groups excluding carboxylic acids is 4. The van der Waals surface area contributed by atoms with Crippen LogP contribution in [0.3, 0.4) is 0 Å². The first kappa shape index (κ1) is 32.9. The molecule has 9 heteroatoms. The molecule has 0 aromatic rings. The lowest BCUT2D eigenvalue weighted by Crippen LogP contribution is -2.47. The molecule has 0 spiro atoms. The summed E-state index contributed by atoms with van der Waals surface area (Å²) < 4.78 is 25.6. The minimum Gasteiger partial charge on any atom is -0.460 e. The van der Waals surface area contributed by atoms with Gasteiger partial charge in [0.25, 0.3) is 5.91 Å². The van der Waals surface area contributed by atoms with E-state index in [0.717, 1.165) is 22.3 Å². The normalized spacial score (nSPS) is 25.3. The summed E-state index contributed by atoms with van der Waals surface area (Å²) in [4.78, 5) is 49.4. The predicted octanol–water partition coefficient (Wildman–Crippen LogP) is 5.39. The lowest BCUT2D eigenvalue weighted by atomic mass is 9.75. The number of rotatable bonds is 12. The smallest absolute Gasteiger partial charge is 0.316 e. The summed E-state index contributed by atoms with van der Waals surface area (Å²) >= 11 is 0. The van der Waals surface area contributed by atoms with Crippen molar-refractivity contribution in [3.63, 3.8) is 0 Å². The average molecular weight is 583 g/mol. The largest absolute Gasteiger partial charge is 0.460 e. The lowest BCUT2D eigenvalue weighted by Gasteiger charge is -2.33. The number of cyclic esters (lactones) is 1. The third-order valence-electron chi connectivity index (χ3n) is 8.75. The van der Waals surface area contributed by atoms with E-state index in [1.165, 1.54) is 0 Å². The molecule has 3 rings (SSSR count). The summed E-state index contributed by atoms with van der Waals surface area (Å²) in [6.07, 6.45) is 7.45. The first-order chi connectivity index (χ1) is 19.9. The van der Waals surface area contributed by atoms with Gasteiger partial charge in [-0.15, -0.1) is 0 Å². The zero-order valence-electron chi connectivity index (χ0n) is 25.6. The molecule has 3 aliphatic rings. The van der Waals surface area contributed by atoms with Crippen LogP contribution in [0.4, 0.5) is 4.39 Å². The molecule has 42 heavy (non-hydrogen) atoms. The fourth-order valence-corrected chi connectivity index (χ4v) is 5.62. The van der Waals surface area contributed by atoms with Crippen LogP contribution in [0.1, 0.15) is 80.1 Å². The molecule has 0 saturated heterocycles.